The monoisotopic (exact) mass is 620 g/mol. The van der Waals surface area contributed by atoms with Crippen molar-refractivity contribution in [2.45, 2.75) is 99.1 Å². The number of carbonyl (C=O) groups is 1. The third-order valence-corrected chi connectivity index (χ3v) is 8.07. The Kier molecular flexibility index (Phi) is 10.9. The molecule has 1 unspecified atom stereocenters. The largest absolute Gasteiger partial charge is 0.493 e. The van der Waals surface area contributed by atoms with Gasteiger partial charge in [-0.15, -0.1) is 0 Å². The van der Waals surface area contributed by atoms with Crippen LogP contribution >= 0.6 is 0 Å². The van der Waals surface area contributed by atoms with Crippen molar-refractivity contribution >= 4 is 11.7 Å². The van der Waals surface area contributed by atoms with Gasteiger partial charge < -0.3 is 24.2 Å². The third kappa shape index (κ3) is 9.04. The molecule has 1 saturated heterocycles. The summed E-state index contributed by atoms with van der Waals surface area (Å²) in [5.41, 5.74) is 4.85. The van der Waals surface area contributed by atoms with Gasteiger partial charge in [0.25, 0.3) is 0 Å². The fourth-order valence-electron chi connectivity index (χ4n) is 5.69. The maximum atomic E-state index is 13.7. The molecular formula is C37H49FN2O5. The highest BCUT2D eigenvalue weighted by atomic mass is 19.1. The number of aliphatic hydroxyl groups is 1. The van der Waals surface area contributed by atoms with Crippen molar-refractivity contribution in [3.63, 3.8) is 0 Å². The van der Waals surface area contributed by atoms with Crippen LogP contribution in [0.4, 0.5) is 10.1 Å². The molecule has 2 heterocycles. The first-order valence-corrected chi connectivity index (χ1v) is 15.9. The molecule has 0 bridgehead atoms. The standard InChI is InChI=1S/C37H49FN2O5/c1-24(2)44-35(42)34(45-36(4,5)6)31-25(3)39-30(23-41)32(33(31)40-20-18-37(7,8)19-21-40)27-11-15-29(16-12-27)43-22-17-26-9-13-28(38)14-10-26/h9-16,24,34,41H,17-23H2,1-8H3. The number of pyridine rings is 1. The highest BCUT2D eigenvalue weighted by Gasteiger charge is 2.38. The van der Waals surface area contributed by atoms with Crippen LogP contribution in [-0.4, -0.2) is 47.5 Å². The van der Waals surface area contributed by atoms with Crippen molar-refractivity contribution in [2.24, 2.45) is 5.41 Å². The highest BCUT2D eigenvalue weighted by Crippen LogP contribution is 2.45. The van der Waals surface area contributed by atoms with Crippen LogP contribution in [0.15, 0.2) is 48.5 Å². The molecule has 1 atom stereocenters. The second kappa shape index (κ2) is 14.3. The number of aromatic nitrogens is 1. The van der Waals surface area contributed by atoms with E-state index in [1.54, 1.807) is 12.1 Å². The molecule has 0 aliphatic carbocycles. The Morgan fingerprint density at radius 3 is 2.22 bits per heavy atom. The van der Waals surface area contributed by atoms with E-state index >= 15 is 0 Å². The number of aryl methyl sites for hydroxylation is 1. The number of piperidine rings is 1. The van der Waals surface area contributed by atoms with Crippen LogP contribution in [0.25, 0.3) is 11.1 Å². The van der Waals surface area contributed by atoms with Gasteiger partial charge in [0.15, 0.2) is 6.10 Å². The van der Waals surface area contributed by atoms with Gasteiger partial charge in [-0.25, -0.2) is 9.18 Å². The minimum atomic E-state index is -1.01. The Balaban J connectivity index is 1.79. The molecule has 1 aliphatic rings. The first kappa shape index (κ1) is 34.4. The number of rotatable bonds is 11. The summed E-state index contributed by atoms with van der Waals surface area (Å²) in [6.45, 7) is 17.6. The molecule has 4 rings (SSSR count). The number of aliphatic hydroxyl groups excluding tert-OH is 1. The number of anilines is 1. The normalized spacial score (nSPS) is 15.7. The van der Waals surface area contributed by atoms with Gasteiger partial charge in [0.2, 0.25) is 0 Å². The molecule has 0 radical (unpaired) electrons. The summed E-state index contributed by atoms with van der Waals surface area (Å²) < 4.78 is 31.5. The third-order valence-electron chi connectivity index (χ3n) is 8.07. The fraction of sp³-hybridized carbons (Fsp3) is 0.514. The fourth-order valence-corrected chi connectivity index (χ4v) is 5.69. The van der Waals surface area contributed by atoms with Gasteiger partial charge in [-0.2, -0.15) is 0 Å². The van der Waals surface area contributed by atoms with Gasteiger partial charge >= 0.3 is 5.97 Å². The number of carbonyl (C=O) groups excluding carboxylic acids is 1. The predicted molar refractivity (Wildman–Crippen MR) is 176 cm³/mol. The lowest BCUT2D eigenvalue weighted by Gasteiger charge is -2.41. The summed E-state index contributed by atoms with van der Waals surface area (Å²) in [6.07, 6.45) is 1.28. The van der Waals surface area contributed by atoms with Crippen LogP contribution in [-0.2, 0) is 27.3 Å². The topological polar surface area (TPSA) is 81.1 Å². The number of halogens is 1. The minimum absolute atomic E-state index is 0.198. The lowest BCUT2D eigenvalue weighted by atomic mass is 9.81. The van der Waals surface area contributed by atoms with Crippen molar-refractivity contribution in [1.82, 2.24) is 4.98 Å². The smallest absolute Gasteiger partial charge is 0.340 e. The lowest BCUT2D eigenvalue weighted by molar-refractivity contribution is -0.171. The van der Waals surface area contributed by atoms with E-state index in [2.05, 4.69) is 18.7 Å². The molecular weight excluding hydrogens is 571 g/mol. The maximum absolute atomic E-state index is 13.7. The molecule has 0 saturated carbocycles. The molecule has 1 N–H and O–H groups in total. The summed E-state index contributed by atoms with van der Waals surface area (Å²) in [5, 5.41) is 10.6. The quantitative estimate of drug-likeness (QED) is 0.220. The Morgan fingerprint density at radius 1 is 1.04 bits per heavy atom. The SMILES string of the molecule is Cc1nc(CO)c(-c2ccc(OCCc3ccc(F)cc3)cc2)c(N2CCC(C)(C)CC2)c1C(OC(C)(C)C)C(=O)OC(C)C. The molecule has 2 aromatic carbocycles. The second-order valence-corrected chi connectivity index (χ2v) is 13.9. The zero-order valence-electron chi connectivity index (χ0n) is 28.1. The summed E-state index contributed by atoms with van der Waals surface area (Å²) >= 11 is 0. The molecule has 244 valence electrons. The van der Waals surface area contributed by atoms with E-state index in [0.29, 0.717) is 35.7 Å². The first-order valence-electron chi connectivity index (χ1n) is 15.9. The summed E-state index contributed by atoms with van der Waals surface area (Å²) in [7, 11) is 0. The lowest BCUT2D eigenvalue weighted by Crippen LogP contribution is -2.39. The molecule has 8 heteroatoms. The Hall–Kier alpha value is -3.49. The van der Waals surface area contributed by atoms with Crippen molar-refractivity contribution in [3.05, 3.63) is 76.9 Å². The molecule has 1 aliphatic heterocycles. The molecule has 3 aromatic rings. The maximum Gasteiger partial charge on any atom is 0.340 e. The highest BCUT2D eigenvalue weighted by molar-refractivity contribution is 5.88. The molecule has 1 aromatic heterocycles. The molecule has 45 heavy (non-hydrogen) atoms. The van der Waals surface area contributed by atoms with Crippen LogP contribution in [0, 0.1) is 18.2 Å². The van der Waals surface area contributed by atoms with Crippen LogP contribution < -0.4 is 9.64 Å². The van der Waals surface area contributed by atoms with Gasteiger partial charge in [-0.05, 0) is 95.2 Å². The van der Waals surface area contributed by atoms with Crippen LogP contribution in [0.1, 0.15) is 89.9 Å². The number of benzene rings is 2. The van der Waals surface area contributed by atoms with Crippen LogP contribution in [0.2, 0.25) is 0 Å². The predicted octanol–water partition coefficient (Wildman–Crippen LogP) is 7.74. The second-order valence-electron chi connectivity index (χ2n) is 13.9. The van der Waals surface area contributed by atoms with E-state index < -0.39 is 17.7 Å². The van der Waals surface area contributed by atoms with Crippen LogP contribution in [0.3, 0.4) is 0 Å². The zero-order chi connectivity index (χ0) is 32.9. The van der Waals surface area contributed by atoms with Crippen molar-refractivity contribution in [2.75, 3.05) is 24.6 Å². The summed E-state index contributed by atoms with van der Waals surface area (Å²) in [6, 6.07) is 14.2. The van der Waals surface area contributed by atoms with Crippen LogP contribution in [0.5, 0.6) is 5.75 Å². The van der Waals surface area contributed by atoms with E-state index in [0.717, 1.165) is 48.3 Å². The van der Waals surface area contributed by atoms with Gasteiger partial charge in [0.05, 0.1) is 36.3 Å². The van der Waals surface area contributed by atoms with E-state index in [4.69, 9.17) is 19.2 Å². The first-order chi connectivity index (χ1) is 21.2. The van der Waals surface area contributed by atoms with Gasteiger partial charge in [0, 0.05) is 36.3 Å². The van der Waals surface area contributed by atoms with E-state index in [9.17, 15) is 14.3 Å². The molecule has 7 nitrogen and oxygen atoms in total. The molecule has 0 spiro atoms. The van der Waals surface area contributed by atoms with Crippen molar-refractivity contribution in [1.29, 1.82) is 0 Å². The summed E-state index contributed by atoms with van der Waals surface area (Å²) in [5.74, 6) is -0.0227. The van der Waals surface area contributed by atoms with E-state index in [-0.39, 0.29) is 23.9 Å². The van der Waals surface area contributed by atoms with Gasteiger partial charge in [0.1, 0.15) is 11.6 Å². The Bertz CT molecular complexity index is 1440. The number of nitrogens with zero attached hydrogens (tertiary/aromatic N) is 2. The Morgan fingerprint density at radius 2 is 1.67 bits per heavy atom. The molecule has 0 amide bonds. The van der Waals surface area contributed by atoms with E-state index in [1.807, 2.05) is 65.8 Å². The van der Waals surface area contributed by atoms with Gasteiger partial charge in [-0.3, -0.25) is 4.98 Å². The number of hydrogen-bond acceptors (Lipinski definition) is 7. The molecule has 1 fully saturated rings. The average molecular weight is 621 g/mol. The van der Waals surface area contributed by atoms with Crippen molar-refractivity contribution < 1.29 is 28.5 Å². The van der Waals surface area contributed by atoms with Crippen molar-refractivity contribution in [3.8, 4) is 16.9 Å². The number of hydrogen-bond donors (Lipinski definition) is 1. The zero-order valence-corrected chi connectivity index (χ0v) is 28.1. The average Bonchev–Trinajstić information content (AvgIpc) is 2.96. The Labute approximate surface area is 267 Å². The van der Waals surface area contributed by atoms with E-state index in [1.165, 1.54) is 12.1 Å². The summed E-state index contributed by atoms with van der Waals surface area (Å²) in [4.78, 5) is 20.9. The minimum Gasteiger partial charge on any atom is -0.493 e. The number of ether oxygens (including phenoxy) is 3. The number of esters is 1. The van der Waals surface area contributed by atoms with Gasteiger partial charge in [-0.1, -0.05) is 38.1 Å².